The molecule has 1 heterocycles. The van der Waals surface area contributed by atoms with Crippen molar-refractivity contribution in [1.82, 2.24) is 10.6 Å². The number of ether oxygens (including phenoxy) is 2. The van der Waals surface area contributed by atoms with Gasteiger partial charge in [-0.1, -0.05) is 36.8 Å². The molecule has 1 aliphatic rings. The van der Waals surface area contributed by atoms with Crippen molar-refractivity contribution in [2.75, 3.05) is 46.1 Å². The highest BCUT2D eigenvalue weighted by molar-refractivity contribution is 5.79. The topological polar surface area (TPSA) is 54.9 Å². The summed E-state index contributed by atoms with van der Waals surface area (Å²) in [5.74, 6) is 1.97. The Labute approximate surface area is 164 Å². The van der Waals surface area contributed by atoms with Crippen LogP contribution < -0.4 is 10.6 Å². The van der Waals surface area contributed by atoms with Crippen molar-refractivity contribution in [2.45, 2.75) is 46.0 Å². The SMILES string of the molecule is CCNC(=NCC(C)c1ccc(C)cc1)NCCCOCC1CCOCC1. The fourth-order valence-electron chi connectivity index (χ4n) is 3.11. The maximum Gasteiger partial charge on any atom is 0.191 e. The first-order valence-electron chi connectivity index (χ1n) is 10.4. The predicted molar refractivity (Wildman–Crippen MR) is 113 cm³/mol. The van der Waals surface area contributed by atoms with E-state index in [2.05, 4.69) is 55.7 Å². The Kier molecular flexibility index (Phi) is 10.2. The maximum absolute atomic E-state index is 5.82. The molecule has 1 atom stereocenters. The first-order valence-corrected chi connectivity index (χ1v) is 10.4. The lowest BCUT2D eigenvalue weighted by atomic mass is 10.0. The molecule has 0 amide bonds. The highest BCUT2D eigenvalue weighted by Gasteiger charge is 2.13. The van der Waals surface area contributed by atoms with Crippen LogP contribution in [0.25, 0.3) is 0 Å². The molecular weight excluding hydrogens is 338 g/mol. The van der Waals surface area contributed by atoms with Crippen LogP contribution in [0.5, 0.6) is 0 Å². The highest BCUT2D eigenvalue weighted by atomic mass is 16.5. The zero-order valence-electron chi connectivity index (χ0n) is 17.3. The summed E-state index contributed by atoms with van der Waals surface area (Å²) in [6, 6.07) is 8.73. The minimum atomic E-state index is 0.406. The minimum absolute atomic E-state index is 0.406. The Hall–Kier alpha value is -1.59. The number of benzene rings is 1. The van der Waals surface area contributed by atoms with E-state index in [0.717, 1.165) is 71.3 Å². The molecule has 1 unspecified atom stereocenters. The summed E-state index contributed by atoms with van der Waals surface area (Å²) in [4.78, 5) is 4.74. The van der Waals surface area contributed by atoms with E-state index in [1.165, 1.54) is 11.1 Å². The number of aliphatic imine (C=N–C) groups is 1. The predicted octanol–water partition coefficient (Wildman–Crippen LogP) is 3.49. The van der Waals surface area contributed by atoms with Gasteiger partial charge >= 0.3 is 0 Å². The molecule has 0 saturated carbocycles. The molecule has 0 spiro atoms. The summed E-state index contributed by atoms with van der Waals surface area (Å²) < 4.78 is 11.2. The monoisotopic (exact) mass is 375 g/mol. The van der Waals surface area contributed by atoms with Gasteiger partial charge in [-0.25, -0.2) is 0 Å². The third kappa shape index (κ3) is 8.76. The average molecular weight is 376 g/mol. The van der Waals surface area contributed by atoms with Crippen LogP contribution in [0.4, 0.5) is 0 Å². The summed E-state index contributed by atoms with van der Waals surface area (Å²) in [6.45, 7) is 12.4. The molecule has 1 fully saturated rings. The molecular formula is C22H37N3O2. The van der Waals surface area contributed by atoms with Crippen molar-refractivity contribution in [3.05, 3.63) is 35.4 Å². The van der Waals surface area contributed by atoms with E-state index in [-0.39, 0.29) is 0 Å². The van der Waals surface area contributed by atoms with E-state index in [9.17, 15) is 0 Å². The third-order valence-corrected chi connectivity index (χ3v) is 4.97. The molecule has 1 aromatic rings. The van der Waals surface area contributed by atoms with Crippen LogP contribution in [0.2, 0.25) is 0 Å². The number of nitrogens with zero attached hydrogens (tertiary/aromatic N) is 1. The minimum Gasteiger partial charge on any atom is -0.381 e. The second kappa shape index (κ2) is 12.7. The molecule has 0 aliphatic carbocycles. The van der Waals surface area contributed by atoms with Gasteiger partial charge in [0.15, 0.2) is 5.96 Å². The fraction of sp³-hybridized carbons (Fsp3) is 0.682. The Bertz CT molecular complexity index is 539. The molecule has 1 aliphatic heterocycles. The van der Waals surface area contributed by atoms with Gasteiger partial charge in [0, 0.05) is 52.0 Å². The van der Waals surface area contributed by atoms with Gasteiger partial charge < -0.3 is 20.1 Å². The summed E-state index contributed by atoms with van der Waals surface area (Å²) >= 11 is 0. The summed E-state index contributed by atoms with van der Waals surface area (Å²) in [7, 11) is 0. The number of nitrogens with one attached hydrogen (secondary N) is 2. The summed E-state index contributed by atoms with van der Waals surface area (Å²) in [5.41, 5.74) is 2.63. The Morgan fingerprint density at radius 1 is 1.22 bits per heavy atom. The van der Waals surface area contributed by atoms with Crippen molar-refractivity contribution in [3.63, 3.8) is 0 Å². The van der Waals surface area contributed by atoms with Crippen molar-refractivity contribution in [1.29, 1.82) is 0 Å². The lowest BCUT2D eigenvalue weighted by Gasteiger charge is -2.21. The standard InChI is InChI=1S/C22H37N3O2/c1-4-23-22(25-16-19(3)21-8-6-18(2)7-9-21)24-12-5-13-27-17-20-10-14-26-15-11-20/h6-9,19-20H,4-5,10-17H2,1-3H3,(H2,23,24,25). The van der Waals surface area contributed by atoms with Gasteiger partial charge in [-0.3, -0.25) is 4.99 Å². The smallest absolute Gasteiger partial charge is 0.191 e. The number of aryl methyl sites for hydroxylation is 1. The molecule has 0 aromatic heterocycles. The van der Waals surface area contributed by atoms with Gasteiger partial charge in [0.05, 0.1) is 0 Å². The fourth-order valence-corrected chi connectivity index (χ4v) is 3.11. The molecule has 2 rings (SSSR count). The molecule has 1 saturated heterocycles. The Morgan fingerprint density at radius 2 is 1.96 bits per heavy atom. The molecule has 2 N–H and O–H groups in total. The van der Waals surface area contributed by atoms with Crippen LogP contribution in [0.3, 0.4) is 0 Å². The number of guanidine groups is 1. The number of rotatable bonds is 10. The van der Waals surface area contributed by atoms with Gasteiger partial charge in [-0.15, -0.1) is 0 Å². The van der Waals surface area contributed by atoms with Crippen LogP contribution in [0.15, 0.2) is 29.3 Å². The van der Waals surface area contributed by atoms with Gasteiger partial charge in [0.25, 0.3) is 0 Å². The maximum atomic E-state index is 5.82. The van der Waals surface area contributed by atoms with E-state index in [1.807, 2.05) is 0 Å². The van der Waals surface area contributed by atoms with Gasteiger partial charge in [0.2, 0.25) is 0 Å². The van der Waals surface area contributed by atoms with Gasteiger partial charge in [0.1, 0.15) is 0 Å². The second-order valence-electron chi connectivity index (χ2n) is 7.44. The lowest BCUT2D eigenvalue weighted by molar-refractivity contribution is 0.0203. The molecule has 5 nitrogen and oxygen atoms in total. The Balaban J connectivity index is 1.64. The zero-order valence-corrected chi connectivity index (χ0v) is 17.3. The van der Waals surface area contributed by atoms with Crippen LogP contribution in [-0.4, -0.2) is 52.0 Å². The van der Waals surface area contributed by atoms with Crippen molar-refractivity contribution in [3.8, 4) is 0 Å². The van der Waals surface area contributed by atoms with Crippen molar-refractivity contribution < 1.29 is 9.47 Å². The highest BCUT2D eigenvalue weighted by Crippen LogP contribution is 2.16. The van der Waals surface area contributed by atoms with Crippen LogP contribution in [-0.2, 0) is 9.47 Å². The van der Waals surface area contributed by atoms with E-state index in [0.29, 0.717) is 11.8 Å². The zero-order chi connectivity index (χ0) is 19.3. The largest absolute Gasteiger partial charge is 0.381 e. The third-order valence-electron chi connectivity index (χ3n) is 4.97. The van der Waals surface area contributed by atoms with E-state index < -0.39 is 0 Å². The summed E-state index contributed by atoms with van der Waals surface area (Å²) in [6.07, 6.45) is 3.25. The Morgan fingerprint density at radius 3 is 2.67 bits per heavy atom. The number of hydrogen-bond donors (Lipinski definition) is 2. The summed E-state index contributed by atoms with van der Waals surface area (Å²) in [5, 5.41) is 6.74. The van der Waals surface area contributed by atoms with Crippen LogP contribution >= 0.6 is 0 Å². The molecule has 1 aromatic carbocycles. The second-order valence-corrected chi connectivity index (χ2v) is 7.44. The van der Waals surface area contributed by atoms with Crippen LogP contribution in [0.1, 0.15) is 50.2 Å². The van der Waals surface area contributed by atoms with Gasteiger partial charge in [-0.05, 0) is 44.6 Å². The molecule has 152 valence electrons. The number of hydrogen-bond acceptors (Lipinski definition) is 3. The molecule has 0 bridgehead atoms. The van der Waals surface area contributed by atoms with Crippen LogP contribution in [0, 0.1) is 12.8 Å². The molecule has 5 heteroatoms. The van der Waals surface area contributed by atoms with Crippen molar-refractivity contribution >= 4 is 5.96 Å². The first kappa shape index (κ1) is 21.7. The average Bonchev–Trinajstić information content (AvgIpc) is 2.69. The van der Waals surface area contributed by atoms with Gasteiger partial charge in [-0.2, -0.15) is 0 Å². The van der Waals surface area contributed by atoms with E-state index >= 15 is 0 Å². The van der Waals surface area contributed by atoms with E-state index in [4.69, 9.17) is 14.5 Å². The van der Waals surface area contributed by atoms with Crippen molar-refractivity contribution in [2.24, 2.45) is 10.9 Å². The van der Waals surface area contributed by atoms with E-state index in [1.54, 1.807) is 0 Å². The first-order chi connectivity index (χ1) is 13.2. The molecule has 27 heavy (non-hydrogen) atoms. The normalized spacial score (nSPS) is 16.9. The quantitative estimate of drug-likeness (QED) is 0.373. The molecule has 0 radical (unpaired) electrons. The lowest BCUT2D eigenvalue weighted by Crippen LogP contribution is -2.38.